The van der Waals surface area contributed by atoms with E-state index in [1.165, 1.54) is 24.2 Å². The Morgan fingerprint density at radius 2 is 2.42 bits per heavy atom. The van der Waals surface area contributed by atoms with Crippen LogP contribution in [0.3, 0.4) is 0 Å². The van der Waals surface area contributed by atoms with Crippen molar-refractivity contribution in [3.63, 3.8) is 0 Å². The molecule has 0 unspecified atom stereocenters. The predicted octanol–water partition coefficient (Wildman–Crippen LogP) is 1.01. The highest BCUT2D eigenvalue weighted by Gasteiger charge is 2.14. The number of nitrogens with zero attached hydrogens (tertiary/aromatic N) is 1. The third kappa shape index (κ3) is 1.37. The van der Waals surface area contributed by atoms with E-state index >= 15 is 0 Å². The first-order chi connectivity index (χ1) is 5.90. The molecule has 0 saturated heterocycles. The molecule has 66 valence electrons. The fraction of sp³-hybridized carbons (Fsp3) is 0.667. The first-order valence-electron chi connectivity index (χ1n) is 4.67. The van der Waals surface area contributed by atoms with Gasteiger partial charge in [0.2, 0.25) is 0 Å². The fourth-order valence-corrected chi connectivity index (χ4v) is 1.68. The van der Waals surface area contributed by atoms with Crippen LogP contribution in [0, 0.1) is 0 Å². The highest BCUT2D eigenvalue weighted by Crippen LogP contribution is 2.18. The van der Waals surface area contributed by atoms with Crippen molar-refractivity contribution in [2.75, 3.05) is 6.54 Å². The molecular formula is C9H15N3. The smallest absolute Gasteiger partial charge is 0.120 e. The summed E-state index contributed by atoms with van der Waals surface area (Å²) in [6, 6.07) is 0. The van der Waals surface area contributed by atoms with Crippen LogP contribution in [-0.4, -0.2) is 16.5 Å². The van der Waals surface area contributed by atoms with E-state index in [4.69, 9.17) is 0 Å². The number of aromatic amines is 1. The molecule has 0 spiro atoms. The molecule has 1 heterocycles. The molecule has 2 N–H and O–H groups in total. The maximum absolute atomic E-state index is 4.51. The molecule has 0 amide bonds. The summed E-state index contributed by atoms with van der Waals surface area (Å²) < 4.78 is 0. The van der Waals surface area contributed by atoms with Crippen molar-refractivity contribution in [2.45, 2.75) is 32.7 Å². The molecule has 0 bridgehead atoms. The van der Waals surface area contributed by atoms with Crippen LogP contribution < -0.4 is 5.32 Å². The third-order valence-electron chi connectivity index (χ3n) is 2.30. The molecule has 3 nitrogen and oxygen atoms in total. The van der Waals surface area contributed by atoms with Gasteiger partial charge in [-0.05, 0) is 25.8 Å². The molecule has 2 rings (SSSR count). The molecule has 0 radical (unpaired) electrons. The van der Waals surface area contributed by atoms with Gasteiger partial charge in [0, 0.05) is 5.69 Å². The Morgan fingerprint density at radius 1 is 1.50 bits per heavy atom. The van der Waals surface area contributed by atoms with Crippen LogP contribution in [0.1, 0.15) is 30.6 Å². The Kier molecular flexibility index (Phi) is 2.13. The zero-order valence-electron chi connectivity index (χ0n) is 7.48. The molecule has 0 atom stereocenters. The van der Waals surface area contributed by atoms with Gasteiger partial charge in [-0.15, -0.1) is 0 Å². The quantitative estimate of drug-likeness (QED) is 0.701. The highest BCUT2D eigenvalue weighted by molar-refractivity contribution is 5.19. The second-order valence-electron chi connectivity index (χ2n) is 3.24. The Morgan fingerprint density at radius 3 is 3.17 bits per heavy atom. The monoisotopic (exact) mass is 165 g/mol. The summed E-state index contributed by atoms with van der Waals surface area (Å²) in [6.07, 6.45) is 3.63. The van der Waals surface area contributed by atoms with Gasteiger partial charge in [-0.25, -0.2) is 4.98 Å². The summed E-state index contributed by atoms with van der Waals surface area (Å²) >= 11 is 0. The Balaban J connectivity index is 2.05. The molecule has 0 aromatic carbocycles. The zero-order valence-corrected chi connectivity index (χ0v) is 7.48. The van der Waals surface area contributed by atoms with Gasteiger partial charge in [0.25, 0.3) is 0 Å². The molecule has 0 fully saturated rings. The summed E-state index contributed by atoms with van der Waals surface area (Å²) in [5.41, 5.74) is 2.66. The number of rotatable bonds is 3. The van der Waals surface area contributed by atoms with Crippen LogP contribution >= 0.6 is 0 Å². The third-order valence-corrected chi connectivity index (χ3v) is 2.30. The predicted molar refractivity (Wildman–Crippen MR) is 48.0 cm³/mol. The van der Waals surface area contributed by atoms with Gasteiger partial charge in [-0.1, -0.05) is 6.92 Å². The van der Waals surface area contributed by atoms with E-state index in [1.54, 1.807) is 0 Å². The van der Waals surface area contributed by atoms with Gasteiger partial charge >= 0.3 is 0 Å². The Hall–Kier alpha value is -0.830. The van der Waals surface area contributed by atoms with E-state index in [2.05, 4.69) is 22.2 Å². The minimum atomic E-state index is 0.878. The lowest BCUT2D eigenvalue weighted by Gasteiger charge is -1.96. The van der Waals surface area contributed by atoms with Crippen LogP contribution in [0.4, 0.5) is 0 Å². The maximum Gasteiger partial charge on any atom is 0.120 e. The number of imidazole rings is 1. The SMILES string of the molecule is CCNCc1nc2c([nH]1)CCC2. The lowest BCUT2D eigenvalue weighted by molar-refractivity contribution is 0.690. The highest BCUT2D eigenvalue weighted by atomic mass is 15.0. The lowest BCUT2D eigenvalue weighted by atomic mass is 10.3. The van der Waals surface area contributed by atoms with Crippen LogP contribution in [0.15, 0.2) is 0 Å². The molecule has 1 aliphatic rings. The number of hydrogen-bond acceptors (Lipinski definition) is 2. The van der Waals surface area contributed by atoms with Gasteiger partial charge in [0.15, 0.2) is 0 Å². The van der Waals surface area contributed by atoms with E-state index < -0.39 is 0 Å². The molecular weight excluding hydrogens is 150 g/mol. The maximum atomic E-state index is 4.51. The average molecular weight is 165 g/mol. The average Bonchev–Trinajstić information content (AvgIpc) is 2.58. The van der Waals surface area contributed by atoms with Crippen molar-refractivity contribution in [1.82, 2.24) is 15.3 Å². The molecule has 3 heteroatoms. The molecule has 1 aromatic rings. The molecule has 0 saturated carbocycles. The van der Waals surface area contributed by atoms with E-state index in [-0.39, 0.29) is 0 Å². The number of aryl methyl sites for hydroxylation is 2. The number of fused-ring (bicyclic) bond motifs is 1. The molecule has 0 aliphatic heterocycles. The van der Waals surface area contributed by atoms with Crippen LogP contribution in [0.25, 0.3) is 0 Å². The first-order valence-corrected chi connectivity index (χ1v) is 4.67. The summed E-state index contributed by atoms with van der Waals surface area (Å²) in [4.78, 5) is 7.87. The van der Waals surface area contributed by atoms with E-state index in [9.17, 15) is 0 Å². The van der Waals surface area contributed by atoms with Crippen molar-refractivity contribution in [3.8, 4) is 0 Å². The lowest BCUT2D eigenvalue weighted by Crippen LogP contribution is -2.13. The van der Waals surface area contributed by atoms with E-state index in [0.29, 0.717) is 0 Å². The summed E-state index contributed by atoms with van der Waals surface area (Å²) in [5, 5.41) is 3.26. The van der Waals surface area contributed by atoms with Crippen molar-refractivity contribution in [2.24, 2.45) is 0 Å². The Labute approximate surface area is 72.6 Å². The number of H-pyrrole nitrogens is 1. The van der Waals surface area contributed by atoms with Gasteiger partial charge < -0.3 is 10.3 Å². The normalized spacial score (nSPS) is 15.1. The fourth-order valence-electron chi connectivity index (χ4n) is 1.68. The summed E-state index contributed by atoms with van der Waals surface area (Å²) in [7, 11) is 0. The topological polar surface area (TPSA) is 40.7 Å². The van der Waals surface area contributed by atoms with Crippen molar-refractivity contribution < 1.29 is 0 Å². The second-order valence-corrected chi connectivity index (χ2v) is 3.24. The van der Waals surface area contributed by atoms with E-state index in [1.807, 2.05) is 0 Å². The molecule has 1 aromatic heterocycles. The van der Waals surface area contributed by atoms with Gasteiger partial charge in [-0.3, -0.25) is 0 Å². The van der Waals surface area contributed by atoms with Crippen LogP contribution in [-0.2, 0) is 19.4 Å². The standard InChI is InChI=1S/C9H15N3/c1-2-10-6-9-11-7-4-3-5-8(7)12-9/h10H,2-6H2,1H3,(H,11,12). The number of hydrogen-bond donors (Lipinski definition) is 2. The van der Waals surface area contributed by atoms with Crippen molar-refractivity contribution >= 4 is 0 Å². The number of aromatic nitrogens is 2. The minimum Gasteiger partial charge on any atom is -0.345 e. The van der Waals surface area contributed by atoms with Crippen molar-refractivity contribution in [1.29, 1.82) is 0 Å². The Bertz CT molecular complexity index is 243. The largest absolute Gasteiger partial charge is 0.345 e. The summed E-state index contributed by atoms with van der Waals surface area (Å²) in [5.74, 6) is 1.10. The zero-order chi connectivity index (χ0) is 8.39. The second kappa shape index (κ2) is 3.27. The van der Waals surface area contributed by atoms with Crippen molar-refractivity contribution in [3.05, 3.63) is 17.2 Å². The number of nitrogens with one attached hydrogen (secondary N) is 2. The van der Waals surface area contributed by atoms with E-state index in [0.717, 1.165) is 25.3 Å². The van der Waals surface area contributed by atoms with Gasteiger partial charge in [0.05, 0.1) is 12.2 Å². The molecule has 12 heavy (non-hydrogen) atoms. The van der Waals surface area contributed by atoms with Gasteiger partial charge in [0.1, 0.15) is 5.82 Å². The van der Waals surface area contributed by atoms with Crippen LogP contribution in [0.2, 0.25) is 0 Å². The molecule has 1 aliphatic carbocycles. The first kappa shape index (κ1) is 7.80. The van der Waals surface area contributed by atoms with Gasteiger partial charge in [-0.2, -0.15) is 0 Å². The minimum absolute atomic E-state index is 0.878. The van der Waals surface area contributed by atoms with Crippen LogP contribution in [0.5, 0.6) is 0 Å². The summed E-state index contributed by atoms with van der Waals surface area (Å²) in [6.45, 7) is 3.99.